The first-order chi connectivity index (χ1) is 8.48. The summed E-state index contributed by atoms with van der Waals surface area (Å²) in [4.78, 5) is 14.9. The lowest BCUT2D eigenvalue weighted by molar-refractivity contribution is -0.155. The number of nitrogens with zero attached hydrogens (tertiary/aromatic N) is 1. The second-order valence-electron chi connectivity index (χ2n) is 6.83. The van der Waals surface area contributed by atoms with Crippen LogP contribution in [-0.2, 0) is 4.79 Å². The van der Waals surface area contributed by atoms with Crippen LogP contribution in [0, 0.1) is 23.2 Å². The van der Waals surface area contributed by atoms with E-state index in [0.29, 0.717) is 17.4 Å². The van der Waals surface area contributed by atoms with E-state index in [0.717, 1.165) is 37.0 Å². The summed E-state index contributed by atoms with van der Waals surface area (Å²) in [6, 6.07) is 0. The SMILES string of the molecule is CN(CC(N)=S)C(=O)C12CC3CC(CC(C3)C1)C2. The third-order valence-electron chi connectivity index (χ3n) is 5.23. The van der Waals surface area contributed by atoms with Crippen molar-refractivity contribution in [2.75, 3.05) is 13.6 Å². The molecule has 0 aliphatic heterocycles. The van der Waals surface area contributed by atoms with Gasteiger partial charge in [0, 0.05) is 7.05 Å². The maximum absolute atomic E-state index is 12.7. The van der Waals surface area contributed by atoms with Gasteiger partial charge in [-0.1, -0.05) is 12.2 Å². The molecule has 4 aliphatic carbocycles. The van der Waals surface area contributed by atoms with Crippen LogP contribution in [0.5, 0.6) is 0 Å². The van der Waals surface area contributed by atoms with E-state index < -0.39 is 0 Å². The third kappa shape index (κ3) is 1.94. The van der Waals surface area contributed by atoms with Crippen LogP contribution in [0.2, 0.25) is 0 Å². The summed E-state index contributed by atoms with van der Waals surface area (Å²) in [5, 5.41) is 0. The van der Waals surface area contributed by atoms with E-state index in [1.807, 2.05) is 7.05 Å². The van der Waals surface area contributed by atoms with Crippen LogP contribution >= 0.6 is 12.2 Å². The summed E-state index contributed by atoms with van der Waals surface area (Å²) >= 11 is 4.92. The van der Waals surface area contributed by atoms with Crippen molar-refractivity contribution in [3.8, 4) is 0 Å². The Morgan fingerprint density at radius 2 is 1.67 bits per heavy atom. The minimum Gasteiger partial charge on any atom is -0.392 e. The second-order valence-corrected chi connectivity index (χ2v) is 7.35. The predicted molar refractivity (Wildman–Crippen MR) is 75.0 cm³/mol. The number of thiocarbonyl (C=S) groups is 1. The molecule has 0 spiro atoms. The Labute approximate surface area is 114 Å². The molecule has 0 radical (unpaired) electrons. The number of nitrogens with two attached hydrogens (primary N) is 1. The van der Waals surface area contributed by atoms with Crippen molar-refractivity contribution in [1.29, 1.82) is 0 Å². The Morgan fingerprint density at radius 3 is 2.06 bits per heavy atom. The van der Waals surface area contributed by atoms with Crippen LogP contribution in [0.25, 0.3) is 0 Å². The molecule has 0 aromatic heterocycles. The highest BCUT2D eigenvalue weighted by atomic mass is 32.1. The molecule has 0 aromatic carbocycles. The smallest absolute Gasteiger partial charge is 0.228 e. The van der Waals surface area contributed by atoms with Crippen LogP contribution in [0.3, 0.4) is 0 Å². The van der Waals surface area contributed by atoms with E-state index in [4.69, 9.17) is 18.0 Å². The van der Waals surface area contributed by atoms with Crippen LogP contribution < -0.4 is 5.73 Å². The summed E-state index contributed by atoms with van der Waals surface area (Å²) < 4.78 is 0. The van der Waals surface area contributed by atoms with Gasteiger partial charge in [-0.05, 0) is 56.3 Å². The van der Waals surface area contributed by atoms with Gasteiger partial charge >= 0.3 is 0 Å². The molecule has 3 nitrogen and oxygen atoms in total. The molecule has 18 heavy (non-hydrogen) atoms. The summed E-state index contributed by atoms with van der Waals surface area (Å²) in [6.07, 6.45) is 7.43. The number of carbonyl (C=O) groups excluding carboxylic acids is 1. The minimum absolute atomic E-state index is 0.0612. The van der Waals surface area contributed by atoms with Crippen molar-refractivity contribution in [3.63, 3.8) is 0 Å². The zero-order valence-corrected chi connectivity index (χ0v) is 11.8. The summed E-state index contributed by atoms with van der Waals surface area (Å²) in [5.74, 6) is 2.71. The van der Waals surface area contributed by atoms with Gasteiger partial charge in [0.1, 0.15) is 0 Å². The quantitative estimate of drug-likeness (QED) is 0.794. The molecule has 4 fully saturated rings. The molecule has 0 unspecified atom stereocenters. The molecule has 100 valence electrons. The van der Waals surface area contributed by atoms with Gasteiger partial charge in [-0.2, -0.15) is 0 Å². The zero-order chi connectivity index (χ0) is 12.9. The first-order valence-electron chi connectivity index (χ1n) is 7.02. The van der Waals surface area contributed by atoms with Gasteiger partial charge in [-0.25, -0.2) is 0 Å². The molecular formula is C14H22N2OS. The van der Waals surface area contributed by atoms with E-state index in [2.05, 4.69) is 0 Å². The molecule has 4 aliphatic rings. The molecule has 1 amide bonds. The second kappa shape index (κ2) is 4.19. The molecule has 0 atom stereocenters. The van der Waals surface area contributed by atoms with Crippen molar-refractivity contribution in [1.82, 2.24) is 4.90 Å². The lowest BCUT2D eigenvalue weighted by Crippen LogP contribution is -2.54. The molecule has 4 bridgehead atoms. The lowest BCUT2D eigenvalue weighted by Gasteiger charge is -2.56. The van der Waals surface area contributed by atoms with E-state index in [1.54, 1.807) is 4.90 Å². The summed E-state index contributed by atoms with van der Waals surface area (Å²) in [6.45, 7) is 0.427. The normalized spacial score (nSPS) is 40.8. The monoisotopic (exact) mass is 266 g/mol. The minimum atomic E-state index is -0.0612. The molecule has 0 heterocycles. The van der Waals surface area contributed by atoms with Gasteiger partial charge < -0.3 is 10.6 Å². The maximum atomic E-state index is 12.7. The van der Waals surface area contributed by atoms with Crippen molar-refractivity contribution in [2.24, 2.45) is 28.9 Å². The van der Waals surface area contributed by atoms with Gasteiger partial charge in [0.2, 0.25) is 5.91 Å². The molecular weight excluding hydrogens is 244 g/mol. The lowest BCUT2D eigenvalue weighted by atomic mass is 9.49. The highest BCUT2D eigenvalue weighted by Gasteiger charge is 2.55. The maximum Gasteiger partial charge on any atom is 0.228 e. The van der Waals surface area contributed by atoms with Crippen molar-refractivity contribution in [3.05, 3.63) is 0 Å². The molecule has 4 rings (SSSR count). The van der Waals surface area contributed by atoms with Gasteiger partial charge in [-0.3, -0.25) is 4.79 Å². The standard InChI is InChI=1S/C14H22N2OS/c1-16(8-12(15)18)13(17)14-5-9-2-10(6-14)4-11(3-9)7-14/h9-11H,2-8H2,1H3,(H2,15,18). The number of hydrogen-bond donors (Lipinski definition) is 1. The number of rotatable bonds is 3. The fraction of sp³-hybridized carbons (Fsp3) is 0.857. The zero-order valence-electron chi connectivity index (χ0n) is 11.0. The first kappa shape index (κ1) is 12.4. The number of hydrogen-bond acceptors (Lipinski definition) is 2. The first-order valence-corrected chi connectivity index (χ1v) is 7.43. The van der Waals surface area contributed by atoms with Crippen molar-refractivity contribution in [2.45, 2.75) is 38.5 Å². The topological polar surface area (TPSA) is 46.3 Å². The van der Waals surface area contributed by atoms with Gasteiger partial charge in [-0.15, -0.1) is 0 Å². The van der Waals surface area contributed by atoms with Crippen molar-refractivity contribution < 1.29 is 4.79 Å². The third-order valence-corrected chi connectivity index (χ3v) is 5.36. The predicted octanol–water partition coefficient (Wildman–Crippen LogP) is 1.95. The number of carbonyl (C=O) groups is 1. The van der Waals surface area contributed by atoms with E-state index in [1.165, 1.54) is 19.3 Å². The average Bonchev–Trinajstić information content (AvgIpc) is 2.25. The van der Waals surface area contributed by atoms with E-state index in [-0.39, 0.29) is 5.41 Å². The highest BCUT2D eigenvalue weighted by Crippen LogP contribution is 2.60. The van der Waals surface area contributed by atoms with Crippen molar-refractivity contribution >= 4 is 23.1 Å². The van der Waals surface area contributed by atoms with Crippen LogP contribution in [0.15, 0.2) is 0 Å². The van der Waals surface area contributed by atoms with E-state index in [9.17, 15) is 4.79 Å². The fourth-order valence-electron chi connectivity index (χ4n) is 5.08. The highest BCUT2D eigenvalue weighted by molar-refractivity contribution is 7.80. The number of likely N-dealkylation sites (N-methyl/N-ethyl adjacent to an activating group) is 1. The van der Waals surface area contributed by atoms with Crippen LogP contribution in [0.4, 0.5) is 0 Å². The molecule has 0 aromatic rings. The Balaban J connectivity index is 1.78. The Kier molecular flexibility index (Phi) is 2.88. The number of amides is 1. The molecule has 2 N–H and O–H groups in total. The Morgan fingerprint density at radius 1 is 1.22 bits per heavy atom. The van der Waals surface area contributed by atoms with Gasteiger partial charge in [0.05, 0.1) is 16.9 Å². The molecule has 4 saturated carbocycles. The van der Waals surface area contributed by atoms with Crippen LogP contribution in [0.1, 0.15) is 38.5 Å². The Bertz CT molecular complexity index is 358. The fourth-order valence-corrected chi connectivity index (χ4v) is 5.28. The average molecular weight is 266 g/mol. The van der Waals surface area contributed by atoms with Crippen LogP contribution in [-0.4, -0.2) is 29.4 Å². The van der Waals surface area contributed by atoms with Gasteiger partial charge in [0.15, 0.2) is 0 Å². The molecule has 4 heteroatoms. The Hall–Kier alpha value is -0.640. The van der Waals surface area contributed by atoms with E-state index >= 15 is 0 Å². The largest absolute Gasteiger partial charge is 0.392 e. The molecule has 0 saturated heterocycles. The van der Waals surface area contributed by atoms with Gasteiger partial charge in [0.25, 0.3) is 0 Å². The summed E-state index contributed by atoms with van der Waals surface area (Å²) in [5.41, 5.74) is 5.50. The summed E-state index contributed by atoms with van der Waals surface area (Å²) in [7, 11) is 1.85.